The summed E-state index contributed by atoms with van der Waals surface area (Å²) in [7, 11) is 1.28. The SMILES string of the molecule is COC(=O)c1cccc(C(=O)Nc2ccc(NC(=O)c3ccco3)cc2)c1. The number of ether oxygens (including phenoxy) is 1. The number of carbonyl (C=O) groups excluding carboxylic acids is 3. The molecule has 3 aromatic rings. The summed E-state index contributed by atoms with van der Waals surface area (Å²) in [5, 5.41) is 5.41. The van der Waals surface area contributed by atoms with E-state index in [1.165, 1.54) is 19.4 Å². The van der Waals surface area contributed by atoms with E-state index in [0.29, 0.717) is 22.5 Å². The molecule has 0 aliphatic heterocycles. The highest BCUT2D eigenvalue weighted by atomic mass is 16.5. The number of esters is 1. The van der Waals surface area contributed by atoms with E-state index in [1.54, 1.807) is 54.6 Å². The molecule has 0 bridgehead atoms. The van der Waals surface area contributed by atoms with E-state index in [2.05, 4.69) is 15.4 Å². The summed E-state index contributed by atoms with van der Waals surface area (Å²) in [5.74, 6) is -1.04. The molecule has 7 nitrogen and oxygen atoms in total. The molecule has 0 radical (unpaired) electrons. The smallest absolute Gasteiger partial charge is 0.337 e. The summed E-state index contributed by atoms with van der Waals surface area (Å²) in [6.45, 7) is 0. The second kappa shape index (κ2) is 8.01. The predicted octanol–water partition coefficient (Wildman–Crippen LogP) is 3.57. The van der Waals surface area contributed by atoms with Crippen LogP contribution in [-0.2, 0) is 4.74 Å². The van der Waals surface area contributed by atoms with Gasteiger partial charge >= 0.3 is 5.97 Å². The maximum absolute atomic E-state index is 12.3. The summed E-state index contributed by atoms with van der Waals surface area (Å²) in [5.41, 5.74) is 1.72. The standard InChI is InChI=1S/C20H16N2O5/c1-26-20(25)14-5-2-4-13(12-14)18(23)21-15-7-9-16(10-8-15)22-19(24)17-6-3-11-27-17/h2-12H,1H3,(H,21,23)(H,22,24). The lowest BCUT2D eigenvalue weighted by Crippen LogP contribution is -2.13. The Balaban J connectivity index is 1.65. The third kappa shape index (κ3) is 4.40. The van der Waals surface area contributed by atoms with Crippen molar-refractivity contribution < 1.29 is 23.5 Å². The van der Waals surface area contributed by atoms with Gasteiger partial charge in [0, 0.05) is 16.9 Å². The lowest BCUT2D eigenvalue weighted by Gasteiger charge is -2.08. The largest absolute Gasteiger partial charge is 0.465 e. The normalized spacial score (nSPS) is 10.1. The van der Waals surface area contributed by atoms with Crippen molar-refractivity contribution in [3.63, 3.8) is 0 Å². The quantitative estimate of drug-likeness (QED) is 0.675. The highest BCUT2D eigenvalue weighted by Gasteiger charge is 2.12. The van der Waals surface area contributed by atoms with Crippen LogP contribution < -0.4 is 10.6 Å². The predicted molar refractivity (Wildman–Crippen MR) is 98.8 cm³/mol. The van der Waals surface area contributed by atoms with Gasteiger partial charge in [-0.1, -0.05) is 6.07 Å². The molecule has 1 aromatic heterocycles. The first-order valence-corrected chi connectivity index (χ1v) is 8.01. The second-order valence-electron chi connectivity index (χ2n) is 5.54. The van der Waals surface area contributed by atoms with Crippen LogP contribution in [0, 0.1) is 0 Å². The van der Waals surface area contributed by atoms with Crippen LogP contribution in [0.15, 0.2) is 71.3 Å². The molecule has 0 unspecified atom stereocenters. The van der Waals surface area contributed by atoms with Gasteiger partial charge in [0.15, 0.2) is 5.76 Å². The Bertz CT molecular complexity index is 962. The Morgan fingerprint density at radius 2 is 1.44 bits per heavy atom. The van der Waals surface area contributed by atoms with Crippen molar-refractivity contribution in [2.45, 2.75) is 0 Å². The van der Waals surface area contributed by atoms with Gasteiger partial charge in [-0.05, 0) is 54.6 Å². The van der Waals surface area contributed by atoms with Gasteiger partial charge in [-0.25, -0.2) is 4.79 Å². The molecular formula is C20H16N2O5. The van der Waals surface area contributed by atoms with Gasteiger partial charge in [0.05, 0.1) is 18.9 Å². The number of anilines is 2. The van der Waals surface area contributed by atoms with Crippen molar-refractivity contribution >= 4 is 29.2 Å². The number of rotatable bonds is 5. The van der Waals surface area contributed by atoms with E-state index in [1.807, 2.05) is 0 Å². The average molecular weight is 364 g/mol. The van der Waals surface area contributed by atoms with Crippen LogP contribution in [0.3, 0.4) is 0 Å². The van der Waals surface area contributed by atoms with Gasteiger partial charge in [-0.2, -0.15) is 0 Å². The fourth-order valence-corrected chi connectivity index (χ4v) is 2.35. The first-order valence-electron chi connectivity index (χ1n) is 8.01. The van der Waals surface area contributed by atoms with Gasteiger partial charge in [-0.3, -0.25) is 9.59 Å². The zero-order chi connectivity index (χ0) is 19.2. The number of hydrogen-bond donors (Lipinski definition) is 2. The van der Waals surface area contributed by atoms with Crippen molar-refractivity contribution in [3.8, 4) is 0 Å². The van der Waals surface area contributed by atoms with E-state index < -0.39 is 5.97 Å². The first kappa shape index (κ1) is 17.9. The maximum atomic E-state index is 12.3. The van der Waals surface area contributed by atoms with E-state index >= 15 is 0 Å². The lowest BCUT2D eigenvalue weighted by molar-refractivity contribution is 0.0600. The van der Waals surface area contributed by atoms with Gasteiger partial charge < -0.3 is 19.8 Å². The molecule has 0 aliphatic rings. The zero-order valence-electron chi connectivity index (χ0n) is 14.4. The fourth-order valence-electron chi connectivity index (χ4n) is 2.35. The molecule has 1 heterocycles. The van der Waals surface area contributed by atoms with Gasteiger partial charge in [-0.15, -0.1) is 0 Å². The molecule has 0 atom stereocenters. The molecule has 27 heavy (non-hydrogen) atoms. The van der Waals surface area contributed by atoms with Gasteiger partial charge in [0.25, 0.3) is 11.8 Å². The maximum Gasteiger partial charge on any atom is 0.337 e. The van der Waals surface area contributed by atoms with Crippen molar-refractivity contribution in [3.05, 3.63) is 83.8 Å². The number of furan rings is 1. The molecule has 3 rings (SSSR count). The molecule has 0 saturated heterocycles. The van der Waals surface area contributed by atoms with Crippen LogP contribution in [0.5, 0.6) is 0 Å². The molecule has 2 aromatic carbocycles. The average Bonchev–Trinajstić information content (AvgIpc) is 3.24. The lowest BCUT2D eigenvalue weighted by atomic mass is 10.1. The molecule has 0 spiro atoms. The number of hydrogen-bond acceptors (Lipinski definition) is 5. The van der Waals surface area contributed by atoms with E-state index in [4.69, 9.17) is 4.42 Å². The molecular weight excluding hydrogens is 348 g/mol. The summed E-state index contributed by atoms with van der Waals surface area (Å²) < 4.78 is 9.67. The van der Waals surface area contributed by atoms with Crippen LogP contribution in [0.25, 0.3) is 0 Å². The fraction of sp³-hybridized carbons (Fsp3) is 0.0500. The Morgan fingerprint density at radius 1 is 0.815 bits per heavy atom. The van der Waals surface area contributed by atoms with Crippen LogP contribution in [0.4, 0.5) is 11.4 Å². The molecule has 7 heteroatoms. The van der Waals surface area contributed by atoms with Crippen LogP contribution in [0.2, 0.25) is 0 Å². The Hall–Kier alpha value is -3.87. The van der Waals surface area contributed by atoms with E-state index in [-0.39, 0.29) is 17.6 Å². The minimum atomic E-state index is -0.513. The first-order chi connectivity index (χ1) is 13.1. The summed E-state index contributed by atoms with van der Waals surface area (Å²) in [6.07, 6.45) is 1.42. The molecule has 2 amide bonds. The van der Waals surface area contributed by atoms with E-state index in [0.717, 1.165) is 0 Å². The highest BCUT2D eigenvalue weighted by molar-refractivity contribution is 6.06. The summed E-state index contributed by atoms with van der Waals surface area (Å²) in [6, 6.07) is 16.0. The van der Waals surface area contributed by atoms with Crippen molar-refractivity contribution in [2.75, 3.05) is 17.7 Å². The minimum absolute atomic E-state index is 0.206. The number of nitrogens with one attached hydrogen (secondary N) is 2. The number of amides is 2. The summed E-state index contributed by atoms with van der Waals surface area (Å²) in [4.78, 5) is 35.8. The monoisotopic (exact) mass is 364 g/mol. The van der Waals surface area contributed by atoms with Crippen LogP contribution >= 0.6 is 0 Å². The second-order valence-corrected chi connectivity index (χ2v) is 5.54. The third-order valence-corrected chi connectivity index (χ3v) is 3.69. The number of carbonyl (C=O) groups is 3. The molecule has 0 aliphatic carbocycles. The molecule has 2 N–H and O–H groups in total. The molecule has 0 saturated carbocycles. The third-order valence-electron chi connectivity index (χ3n) is 3.69. The minimum Gasteiger partial charge on any atom is -0.465 e. The van der Waals surface area contributed by atoms with Crippen LogP contribution in [0.1, 0.15) is 31.3 Å². The van der Waals surface area contributed by atoms with Crippen molar-refractivity contribution in [2.24, 2.45) is 0 Å². The molecule has 0 fully saturated rings. The molecule has 136 valence electrons. The summed E-state index contributed by atoms with van der Waals surface area (Å²) >= 11 is 0. The van der Waals surface area contributed by atoms with E-state index in [9.17, 15) is 14.4 Å². The Labute approximate surface area is 154 Å². The van der Waals surface area contributed by atoms with Crippen molar-refractivity contribution in [1.29, 1.82) is 0 Å². The van der Waals surface area contributed by atoms with Gasteiger partial charge in [0.2, 0.25) is 0 Å². The van der Waals surface area contributed by atoms with Crippen molar-refractivity contribution in [1.82, 2.24) is 0 Å². The Kier molecular flexibility index (Phi) is 5.32. The zero-order valence-corrected chi connectivity index (χ0v) is 14.4. The van der Waals surface area contributed by atoms with Gasteiger partial charge in [0.1, 0.15) is 0 Å². The Morgan fingerprint density at radius 3 is 2.04 bits per heavy atom. The van der Waals surface area contributed by atoms with Crippen LogP contribution in [-0.4, -0.2) is 24.9 Å². The topological polar surface area (TPSA) is 97.6 Å². The number of methoxy groups -OCH3 is 1. The number of benzene rings is 2. The highest BCUT2D eigenvalue weighted by Crippen LogP contribution is 2.16.